The van der Waals surface area contributed by atoms with Gasteiger partial charge < -0.3 is 14.5 Å². The van der Waals surface area contributed by atoms with Gasteiger partial charge in [0.05, 0.1) is 16.8 Å². The lowest BCUT2D eigenvalue weighted by molar-refractivity contribution is 0.419. The Morgan fingerprint density at radius 2 is 1.77 bits per heavy atom. The van der Waals surface area contributed by atoms with Crippen molar-refractivity contribution in [2.24, 2.45) is 0 Å². The van der Waals surface area contributed by atoms with Crippen molar-refractivity contribution in [2.75, 3.05) is 43.1 Å². The van der Waals surface area contributed by atoms with Gasteiger partial charge in [-0.05, 0) is 36.8 Å². The molecule has 0 N–H and O–H groups in total. The number of hydrogen-bond acceptors (Lipinski definition) is 5. The van der Waals surface area contributed by atoms with Crippen molar-refractivity contribution in [3.8, 4) is 5.75 Å². The molecule has 0 amide bonds. The summed E-state index contributed by atoms with van der Waals surface area (Å²) in [6, 6.07) is 9.80. The minimum atomic E-state index is 0.720. The average Bonchev–Trinajstić information content (AvgIpc) is 3.11. The molecule has 0 atom stereocenters. The maximum atomic E-state index is 6.35. The number of halogens is 2. The number of methoxy groups -OCH3 is 1. The minimum absolute atomic E-state index is 0.720. The standard InChI is InChI=1S/C19H19Cl2N3OS/c1-12-3-4-13(20)11-15(12)23-7-9-24(10-8-23)19-22-17-16(25-2)6-5-14(21)18(17)26-19/h3-6,11H,7-10H2,1-2H3. The van der Waals surface area contributed by atoms with Gasteiger partial charge in [0, 0.05) is 36.9 Å². The third-order valence-electron chi connectivity index (χ3n) is 4.73. The number of thiazole rings is 1. The average molecular weight is 408 g/mol. The second kappa shape index (κ2) is 7.14. The van der Waals surface area contributed by atoms with E-state index < -0.39 is 0 Å². The Kier molecular flexibility index (Phi) is 4.86. The number of ether oxygens (including phenoxy) is 1. The molecule has 7 heteroatoms. The Morgan fingerprint density at radius 3 is 2.50 bits per heavy atom. The van der Waals surface area contributed by atoms with Gasteiger partial charge in [-0.3, -0.25) is 0 Å². The van der Waals surface area contributed by atoms with Crippen molar-refractivity contribution in [1.29, 1.82) is 0 Å². The highest BCUT2D eigenvalue weighted by Gasteiger charge is 2.22. The molecule has 3 aromatic rings. The number of benzene rings is 2. The zero-order valence-electron chi connectivity index (χ0n) is 14.6. The van der Waals surface area contributed by atoms with Gasteiger partial charge in [0.2, 0.25) is 0 Å². The van der Waals surface area contributed by atoms with Gasteiger partial charge in [-0.1, -0.05) is 40.6 Å². The van der Waals surface area contributed by atoms with E-state index in [1.807, 2.05) is 18.2 Å². The molecule has 136 valence electrons. The summed E-state index contributed by atoms with van der Waals surface area (Å²) < 4.78 is 6.41. The summed E-state index contributed by atoms with van der Waals surface area (Å²) in [5.74, 6) is 0.764. The van der Waals surface area contributed by atoms with Crippen molar-refractivity contribution < 1.29 is 4.74 Å². The van der Waals surface area contributed by atoms with Crippen LogP contribution < -0.4 is 14.5 Å². The third-order valence-corrected chi connectivity index (χ3v) is 6.54. The van der Waals surface area contributed by atoms with E-state index in [0.29, 0.717) is 0 Å². The van der Waals surface area contributed by atoms with Crippen LogP contribution >= 0.6 is 34.5 Å². The number of anilines is 2. The van der Waals surface area contributed by atoms with Gasteiger partial charge in [0.15, 0.2) is 5.13 Å². The molecule has 1 aliphatic heterocycles. The lowest BCUT2D eigenvalue weighted by Gasteiger charge is -2.36. The Balaban J connectivity index is 1.56. The molecule has 2 aromatic carbocycles. The highest BCUT2D eigenvalue weighted by molar-refractivity contribution is 7.22. The predicted molar refractivity (Wildman–Crippen MR) is 112 cm³/mol. The van der Waals surface area contributed by atoms with E-state index >= 15 is 0 Å². The Bertz CT molecular complexity index is 951. The molecule has 0 unspecified atom stereocenters. The molecule has 0 aliphatic carbocycles. The van der Waals surface area contributed by atoms with Crippen LogP contribution in [-0.4, -0.2) is 38.3 Å². The van der Waals surface area contributed by atoms with E-state index in [0.717, 1.165) is 57.3 Å². The van der Waals surface area contributed by atoms with E-state index in [1.165, 1.54) is 11.3 Å². The van der Waals surface area contributed by atoms with Gasteiger partial charge >= 0.3 is 0 Å². The van der Waals surface area contributed by atoms with E-state index in [2.05, 4.69) is 28.9 Å². The van der Waals surface area contributed by atoms with Crippen molar-refractivity contribution >= 4 is 55.6 Å². The molecule has 0 spiro atoms. The molecular weight excluding hydrogens is 389 g/mol. The maximum Gasteiger partial charge on any atom is 0.186 e. The number of aromatic nitrogens is 1. The van der Waals surface area contributed by atoms with Crippen LogP contribution in [0.1, 0.15) is 5.56 Å². The first kappa shape index (κ1) is 17.7. The molecule has 26 heavy (non-hydrogen) atoms. The van der Waals surface area contributed by atoms with Crippen LogP contribution in [0.4, 0.5) is 10.8 Å². The molecule has 1 fully saturated rings. The fraction of sp³-hybridized carbons (Fsp3) is 0.316. The number of piperazine rings is 1. The first-order valence-electron chi connectivity index (χ1n) is 8.46. The smallest absolute Gasteiger partial charge is 0.186 e. The summed E-state index contributed by atoms with van der Waals surface area (Å²) in [6.45, 7) is 5.81. The number of hydrogen-bond donors (Lipinski definition) is 0. The van der Waals surface area contributed by atoms with Gasteiger partial charge in [0.25, 0.3) is 0 Å². The second-order valence-electron chi connectivity index (χ2n) is 6.33. The number of aryl methyl sites for hydroxylation is 1. The second-order valence-corrected chi connectivity index (χ2v) is 8.15. The topological polar surface area (TPSA) is 28.6 Å². The highest BCUT2D eigenvalue weighted by atomic mass is 35.5. The number of fused-ring (bicyclic) bond motifs is 1. The molecule has 1 aromatic heterocycles. The van der Waals surface area contributed by atoms with Crippen molar-refractivity contribution in [1.82, 2.24) is 4.98 Å². The molecule has 0 bridgehead atoms. The number of nitrogens with zero attached hydrogens (tertiary/aromatic N) is 3. The summed E-state index contributed by atoms with van der Waals surface area (Å²) in [6.07, 6.45) is 0. The highest BCUT2D eigenvalue weighted by Crippen LogP contribution is 2.39. The largest absolute Gasteiger partial charge is 0.494 e. The number of rotatable bonds is 3. The van der Waals surface area contributed by atoms with E-state index in [4.69, 9.17) is 32.9 Å². The molecular formula is C19H19Cl2N3OS. The first-order valence-corrected chi connectivity index (χ1v) is 10.0. The Morgan fingerprint density at radius 1 is 1.04 bits per heavy atom. The quantitative estimate of drug-likeness (QED) is 0.592. The normalized spacial score (nSPS) is 14.9. The fourth-order valence-corrected chi connectivity index (χ4v) is 4.78. The molecule has 4 rings (SSSR count). The van der Waals surface area contributed by atoms with Crippen LogP contribution in [0.2, 0.25) is 10.0 Å². The zero-order valence-corrected chi connectivity index (χ0v) is 17.0. The molecule has 2 heterocycles. The van der Waals surface area contributed by atoms with Crippen molar-refractivity contribution in [2.45, 2.75) is 6.92 Å². The summed E-state index contributed by atoms with van der Waals surface area (Å²) in [5.41, 5.74) is 3.30. The summed E-state index contributed by atoms with van der Waals surface area (Å²) >= 11 is 14.2. The maximum absolute atomic E-state index is 6.35. The summed E-state index contributed by atoms with van der Waals surface area (Å²) in [5, 5.41) is 2.49. The SMILES string of the molecule is COc1ccc(Cl)c2sc(N3CCN(c4cc(Cl)ccc4C)CC3)nc12. The van der Waals surface area contributed by atoms with Crippen LogP contribution in [0.5, 0.6) is 5.75 Å². The van der Waals surface area contributed by atoms with Crippen LogP contribution in [0.3, 0.4) is 0 Å². The molecule has 1 aliphatic rings. The molecule has 0 radical (unpaired) electrons. The lowest BCUT2D eigenvalue weighted by Crippen LogP contribution is -2.46. The monoisotopic (exact) mass is 407 g/mol. The lowest BCUT2D eigenvalue weighted by atomic mass is 10.1. The van der Waals surface area contributed by atoms with Gasteiger partial charge in [-0.2, -0.15) is 0 Å². The third kappa shape index (κ3) is 3.20. The van der Waals surface area contributed by atoms with Gasteiger partial charge in [-0.25, -0.2) is 4.98 Å². The van der Waals surface area contributed by atoms with Crippen molar-refractivity contribution in [3.05, 3.63) is 45.9 Å². The molecule has 4 nitrogen and oxygen atoms in total. The molecule has 1 saturated heterocycles. The first-order chi connectivity index (χ1) is 12.6. The van der Waals surface area contributed by atoms with Crippen LogP contribution in [-0.2, 0) is 0 Å². The summed E-state index contributed by atoms with van der Waals surface area (Å²) in [7, 11) is 1.66. The Labute approximate surface area is 166 Å². The molecule has 0 saturated carbocycles. The van der Waals surface area contributed by atoms with Crippen LogP contribution in [0.15, 0.2) is 30.3 Å². The predicted octanol–water partition coefficient (Wildman–Crippen LogP) is 5.25. The zero-order chi connectivity index (χ0) is 18.3. The van der Waals surface area contributed by atoms with E-state index in [-0.39, 0.29) is 0 Å². The van der Waals surface area contributed by atoms with E-state index in [9.17, 15) is 0 Å². The Hall–Kier alpha value is -1.69. The van der Waals surface area contributed by atoms with E-state index in [1.54, 1.807) is 18.4 Å². The van der Waals surface area contributed by atoms with Gasteiger partial charge in [0.1, 0.15) is 11.3 Å². The minimum Gasteiger partial charge on any atom is -0.494 e. The fourth-order valence-electron chi connectivity index (χ4n) is 3.30. The summed E-state index contributed by atoms with van der Waals surface area (Å²) in [4.78, 5) is 9.50. The van der Waals surface area contributed by atoms with Crippen LogP contribution in [0.25, 0.3) is 10.2 Å². The van der Waals surface area contributed by atoms with Crippen molar-refractivity contribution in [3.63, 3.8) is 0 Å². The van der Waals surface area contributed by atoms with Gasteiger partial charge in [-0.15, -0.1) is 0 Å². The van der Waals surface area contributed by atoms with Crippen LogP contribution in [0, 0.1) is 6.92 Å².